The summed E-state index contributed by atoms with van der Waals surface area (Å²) < 4.78 is 1.12. The van der Waals surface area contributed by atoms with Gasteiger partial charge in [-0.2, -0.15) is 0 Å². The third-order valence-corrected chi connectivity index (χ3v) is 3.28. The molecule has 0 aliphatic carbocycles. The van der Waals surface area contributed by atoms with Crippen LogP contribution in [0.4, 0.5) is 0 Å². The molecule has 0 saturated heterocycles. The lowest BCUT2D eigenvalue weighted by atomic mass is 10.2. The Balaban J connectivity index is 2.32. The van der Waals surface area contributed by atoms with E-state index in [1.165, 1.54) is 5.56 Å². The van der Waals surface area contributed by atoms with Gasteiger partial charge in [-0.1, -0.05) is 34.1 Å². The van der Waals surface area contributed by atoms with Crippen LogP contribution in [-0.4, -0.2) is 24.4 Å². The van der Waals surface area contributed by atoms with Gasteiger partial charge in [-0.05, 0) is 31.6 Å². The number of carbonyl (C=O) groups is 1. The molecule has 0 atom stereocenters. The number of rotatable bonds is 6. The Morgan fingerprint density at radius 3 is 2.82 bits per heavy atom. The maximum atomic E-state index is 10.9. The van der Waals surface area contributed by atoms with Crippen molar-refractivity contribution in [1.82, 2.24) is 10.3 Å². The third kappa shape index (κ3) is 5.30. The molecule has 1 aromatic carbocycles. The summed E-state index contributed by atoms with van der Waals surface area (Å²) in [7, 11) is 2.04. The highest BCUT2D eigenvalue weighted by Gasteiger charge is 2.04. The third-order valence-electron chi connectivity index (χ3n) is 2.50. The fraction of sp³-hybridized carbons (Fsp3) is 0.417. The number of carbonyl (C=O) groups excluding carboxylic acids is 1. The van der Waals surface area contributed by atoms with E-state index in [9.17, 15) is 4.79 Å². The van der Waals surface area contributed by atoms with Crippen LogP contribution >= 0.6 is 15.9 Å². The average molecular weight is 300 g/mol. The molecule has 1 aromatic rings. The Kier molecular flexibility index (Phi) is 6.18. The summed E-state index contributed by atoms with van der Waals surface area (Å²) in [5.74, 6) is 4.90. The molecule has 0 aromatic heterocycles. The van der Waals surface area contributed by atoms with Gasteiger partial charge in [0.05, 0.1) is 0 Å². The van der Waals surface area contributed by atoms with Crippen LogP contribution in [0.2, 0.25) is 0 Å². The Labute approximate surface area is 110 Å². The van der Waals surface area contributed by atoms with Gasteiger partial charge in [-0.3, -0.25) is 10.2 Å². The zero-order chi connectivity index (χ0) is 12.7. The minimum Gasteiger partial charge on any atom is -0.302 e. The predicted octanol–water partition coefficient (Wildman–Crippen LogP) is 1.65. The number of hydrogen-bond acceptors (Lipinski definition) is 3. The van der Waals surface area contributed by atoms with Crippen molar-refractivity contribution in [2.45, 2.75) is 19.4 Å². The van der Waals surface area contributed by atoms with Gasteiger partial charge in [0, 0.05) is 17.4 Å². The highest BCUT2D eigenvalue weighted by molar-refractivity contribution is 9.10. The number of hydrogen-bond donors (Lipinski definition) is 2. The van der Waals surface area contributed by atoms with E-state index < -0.39 is 0 Å². The number of nitrogens with zero attached hydrogens (tertiary/aromatic N) is 1. The van der Waals surface area contributed by atoms with Crippen LogP contribution in [0.1, 0.15) is 18.4 Å². The number of halogens is 1. The van der Waals surface area contributed by atoms with Crippen molar-refractivity contribution in [3.8, 4) is 0 Å². The topological polar surface area (TPSA) is 58.4 Å². The summed E-state index contributed by atoms with van der Waals surface area (Å²) in [5, 5.41) is 0. The molecule has 0 saturated carbocycles. The summed E-state index contributed by atoms with van der Waals surface area (Å²) in [4.78, 5) is 13.1. The van der Waals surface area contributed by atoms with Gasteiger partial charge >= 0.3 is 0 Å². The van der Waals surface area contributed by atoms with Crippen LogP contribution in [0.5, 0.6) is 0 Å². The van der Waals surface area contributed by atoms with Crippen LogP contribution in [-0.2, 0) is 11.3 Å². The number of nitrogens with one attached hydrogen (secondary N) is 1. The Hall–Kier alpha value is -0.910. The van der Waals surface area contributed by atoms with Crippen molar-refractivity contribution >= 4 is 21.8 Å². The van der Waals surface area contributed by atoms with Crippen molar-refractivity contribution in [3.63, 3.8) is 0 Å². The lowest BCUT2D eigenvalue weighted by Gasteiger charge is -2.17. The Morgan fingerprint density at radius 1 is 1.47 bits per heavy atom. The standard InChI is InChI=1S/C12H18BrN3O/c1-16(8-4-7-12(17)15-14)9-10-5-2-3-6-11(10)13/h2-3,5-6H,4,7-9,14H2,1H3,(H,15,17). The molecule has 94 valence electrons. The lowest BCUT2D eigenvalue weighted by Crippen LogP contribution is -2.30. The summed E-state index contributed by atoms with van der Waals surface area (Å²) in [5.41, 5.74) is 3.38. The molecule has 0 aliphatic rings. The predicted molar refractivity (Wildman–Crippen MR) is 72.0 cm³/mol. The fourth-order valence-corrected chi connectivity index (χ4v) is 1.99. The van der Waals surface area contributed by atoms with Crippen molar-refractivity contribution in [3.05, 3.63) is 34.3 Å². The lowest BCUT2D eigenvalue weighted by molar-refractivity contribution is -0.121. The maximum Gasteiger partial charge on any atom is 0.233 e. The number of benzene rings is 1. The molecule has 0 aliphatic heterocycles. The molecule has 17 heavy (non-hydrogen) atoms. The molecule has 5 heteroatoms. The van der Waals surface area contributed by atoms with Crippen LogP contribution < -0.4 is 11.3 Å². The molecule has 4 nitrogen and oxygen atoms in total. The second-order valence-corrected chi connectivity index (χ2v) is 4.85. The van der Waals surface area contributed by atoms with E-state index in [1.54, 1.807) is 0 Å². The molecule has 1 amide bonds. The van der Waals surface area contributed by atoms with E-state index in [2.05, 4.69) is 32.3 Å². The highest BCUT2D eigenvalue weighted by atomic mass is 79.9. The van der Waals surface area contributed by atoms with Crippen molar-refractivity contribution < 1.29 is 4.79 Å². The normalized spacial score (nSPS) is 10.6. The van der Waals surface area contributed by atoms with Crippen LogP contribution in [0.25, 0.3) is 0 Å². The molecule has 3 N–H and O–H groups in total. The van der Waals surface area contributed by atoms with E-state index in [0.717, 1.165) is 24.0 Å². The molecule has 0 radical (unpaired) electrons. The van der Waals surface area contributed by atoms with E-state index in [1.807, 2.05) is 25.2 Å². The van der Waals surface area contributed by atoms with Gasteiger partial charge < -0.3 is 4.90 Å². The van der Waals surface area contributed by atoms with Gasteiger partial charge in [0.25, 0.3) is 0 Å². The van der Waals surface area contributed by atoms with E-state index in [-0.39, 0.29) is 5.91 Å². The average Bonchev–Trinajstić information content (AvgIpc) is 2.32. The first kappa shape index (κ1) is 14.2. The minimum absolute atomic E-state index is 0.112. The van der Waals surface area contributed by atoms with Crippen molar-refractivity contribution in [1.29, 1.82) is 0 Å². The summed E-state index contributed by atoms with van der Waals surface area (Å²) in [6.45, 7) is 1.74. The highest BCUT2D eigenvalue weighted by Crippen LogP contribution is 2.17. The zero-order valence-electron chi connectivity index (χ0n) is 9.95. The largest absolute Gasteiger partial charge is 0.302 e. The first-order chi connectivity index (χ1) is 8.13. The Morgan fingerprint density at radius 2 is 2.18 bits per heavy atom. The second-order valence-electron chi connectivity index (χ2n) is 4.00. The second kappa shape index (κ2) is 7.42. The molecule has 0 unspecified atom stereocenters. The van der Waals surface area contributed by atoms with Crippen LogP contribution in [0, 0.1) is 0 Å². The summed E-state index contributed by atoms with van der Waals surface area (Å²) in [6, 6.07) is 8.15. The first-order valence-corrected chi connectivity index (χ1v) is 6.34. The maximum absolute atomic E-state index is 10.9. The Bertz CT molecular complexity index is 371. The summed E-state index contributed by atoms with van der Waals surface area (Å²) >= 11 is 3.52. The van der Waals surface area contributed by atoms with Gasteiger partial charge in [0.15, 0.2) is 0 Å². The van der Waals surface area contributed by atoms with Gasteiger partial charge in [-0.15, -0.1) is 0 Å². The minimum atomic E-state index is -0.112. The van der Waals surface area contributed by atoms with Gasteiger partial charge in [0.2, 0.25) is 5.91 Å². The van der Waals surface area contributed by atoms with Crippen LogP contribution in [0.3, 0.4) is 0 Å². The van der Waals surface area contributed by atoms with E-state index >= 15 is 0 Å². The van der Waals surface area contributed by atoms with Crippen molar-refractivity contribution in [2.75, 3.05) is 13.6 Å². The van der Waals surface area contributed by atoms with Gasteiger partial charge in [0.1, 0.15) is 0 Å². The molecule has 0 heterocycles. The number of hydrazine groups is 1. The SMILES string of the molecule is CN(CCCC(=O)NN)Cc1ccccc1Br. The smallest absolute Gasteiger partial charge is 0.233 e. The molecule has 0 fully saturated rings. The molecular formula is C12H18BrN3O. The fourth-order valence-electron chi connectivity index (χ4n) is 1.58. The molecule has 1 rings (SSSR count). The molecule has 0 spiro atoms. The summed E-state index contributed by atoms with van der Waals surface area (Å²) in [6.07, 6.45) is 1.28. The zero-order valence-corrected chi connectivity index (χ0v) is 11.5. The van der Waals surface area contributed by atoms with E-state index in [0.29, 0.717) is 6.42 Å². The first-order valence-electron chi connectivity index (χ1n) is 5.55. The van der Waals surface area contributed by atoms with Crippen LogP contribution in [0.15, 0.2) is 28.7 Å². The van der Waals surface area contributed by atoms with Crippen molar-refractivity contribution in [2.24, 2.45) is 5.84 Å². The number of nitrogens with two attached hydrogens (primary N) is 1. The molecular weight excluding hydrogens is 282 g/mol. The molecule has 0 bridgehead atoms. The monoisotopic (exact) mass is 299 g/mol. The van der Waals surface area contributed by atoms with Gasteiger partial charge in [-0.25, -0.2) is 5.84 Å². The number of amides is 1. The van der Waals surface area contributed by atoms with E-state index in [4.69, 9.17) is 5.84 Å². The quantitative estimate of drug-likeness (QED) is 0.477.